The zero-order chi connectivity index (χ0) is 21.1. The lowest BCUT2D eigenvalue weighted by Gasteiger charge is -2.34. The van der Waals surface area contributed by atoms with Gasteiger partial charge in [-0.15, -0.1) is 5.10 Å². The third-order valence-electron chi connectivity index (χ3n) is 4.68. The molecule has 1 N–H and O–H groups in total. The zero-order valence-electron chi connectivity index (χ0n) is 17.0. The molecule has 1 amide bonds. The Bertz CT molecular complexity index is 930. The number of amides is 1. The van der Waals surface area contributed by atoms with Gasteiger partial charge in [0, 0.05) is 31.6 Å². The molecule has 0 radical (unpaired) electrons. The quantitative estimate of drug-likeness (QED) is 0.693. The molecule has 1 aliphatic rings. The number of aromatic amines is 1. The lowest BCUT2D eigenvalue weighted by Crippen LogP contribution is -2.51. The molecule has 1 saturated heterocycles. The Hall–Kier alpha value is -1.91. The molecular formula is C19H27N5O3S2. The maximum Gasteiger partial charge on any atom is 0.233 e. The van der Waals surface area contributed by atoms with Gasteiger partial charge in [-0.1, -0.05) is 62.9 Å². The molecule has 2 heterocycles. The van der Waals surface area contributed by atoms with Gasteiger partial charge in [-0.3, -0.25) is 9.89 Å². The van der Waals surface area contributed by atoms with Crippen molar-refractivity contribution in [1.82, 2.24) is 24.4 Å². The zero-order valence-corrected chi connectivity index (χ0v) is 18.6. The average Bonchev–Trinajstić information content (AvgIpc) is 3.16. The standard InChI is InChI=1S/C19H27N5O3S2/c1-19(2,3)17-20-18(22-21-17)28-13-16(25)23-9-11-24(12-10-23)29(26,27)14-15-7-5-4-6-8-15/h4-8H,9-14H2,1-3H3,(H,20,21,22). The molecule has 158 valence electrons. The number of rotatable bonds is 6. The van der Waals surface area contributed by atoms with E-state index in [1.54, 1.807) is 4.90 Å². The van der Waals surface area contributed by atoms with Gasteiger partial charge in [-0.2, -0.15) is 4.31 Å². The van der Waals surface area contributed by atoms with Crippen LogP contribution < -0.4 is 0 Å². The van der Waals surface area contributed by atoms with E-state index in [-0.39, 0.29) is 22.8 Å². The van der Waals surface area contributed by atoms with Crippen LogP contribution in [-0.4, -0.2) is 70.6 Å². The third kappa shape index (κ3) is 5.80. The first-order chi connectivity index (χ1) is 13.6. The van der Waals surface area contributed by atoms with Gasteiger partial charge in [0.15, 0.2) is 0 Å². The summed E-state index contributed by atoms with van der Waals surface area (Å²) < 4.78 is 26.7. The van der Waals surface area contributed by atoms with Crippen LogP contribution in [0.15, 0.2) is 35.5 Å². The molecule has 0 aliphatic carbocycles. The van der Waals surface area contributed by atoms with Crippen molar-refractivity contribution in [3.05, 3.63) is 41.7 Å². The smallest absolute Gasteiger partial charge is 0.233 e. The number of hydrogen-bond acceptors (Lipinski definition) is 6. The Balaban J connectivity index is 1.48. The molecule has 1 aromatic carbocycles. The van der Waals surface area contributed by atoms with Crippen LogP contribution in [0.5, 0.6) is 0 Å². The van der Waals surface area contributed by atoms with Crippen molar-refractivity contribution < 1.29 is 13.2 Å². The van der Waals surface area contributed by atoms with E-state index >= 15 is 0 Å². The van der Waals surface area contributed by atoms with Crippen molar-refractivity contribution in [2.75, 3.05) is 31.9 Å². The fourth-order valence-corrected chi connectivity index (χ4v) is 5.17. The second kappa shape index (κ2) is 8.85. The number of hydrogen-bond donors (Lipinski definition) is 1. The van der Waals surface area contributed by atoms with Crippen LogP contribution in [0.25, 0.3) is 0 Å². The molecule has 0 bridgehead atoms. The van der Waals surface area contributed by atoms with Gasteiger partial charge in [-0.05, 0) is 5.56 Å². The van der Waals surface area contributed by atoms with E-state index in [0.717, 1.165) is 11.4 Å². The summed E-state index contributed by atoms with van der Waals surface area (Å²) in [5.41, 5.74) is 0.640. The Kier molecular flexibility index (Phi) is 6.65. The van der Waals surface area contributed by atoms with Crippen LogP contribution >= 0.6 is 11.8 Å². The summed E-state index contributed by atoms with van der Waals surface area (Å²) in [7, 11) is -3.39. The number of nitrogens with zero attached hydrogens (tertiary/aromatic N) is 4. The first-order valence-corrected chi connectivity index (χ1v) is 12.1. The first-order valence-electron chi connectivity index (χ1n) is 9.50. The van der Waals surface area contributed by atoms with Gasteiger partial charge in [-0.25, -0.2) is 13.4 Å². The second-order valence-corrected chi connectivity index (χ2v) is 10.9. The minimum absolute atomic E-state index is 0.0153. The number of nitrogens with one attached hydrogen (secondary N) is 1. The summed E-state index contributed by atoms with van der Waals surface area (Å²) in [4.78, 5) is 18.6. The van der Waals surface area contributed by atoms with Crippen molar-refractivity contribution in [3.63, 3.8) is 0 Å². The second-order valence-electron chi connectivity index (χ2n) is 8.03. The van der Waals surface area contributed by atoms with E-state index in [4.69, 9.17) is 0 Å². The van der Waals surface area contributed by atoms with E-state index in [0.29, 0.717) is 31.3 Å². The molecule has 0 atom stereocenters. The average molecular weight is 438 g/mol. The van der Waals surface area contributed by atoms with Crippen molar-refractivity contribution in [3.8, 4) is 0 Å². The predicted molar refractivity (Wildman–Crippen MR) is 113 cm³/mol. The Labute approximate surface area is 176 Å². The Morgan fingerprint density at radius 3 is 2.38 bits per heavy atom. The van der Waals surface area contributed by atoms with Gasteiger partial charge in [0.2, 0.25) is 21.1 Å². The Morgan fingerprint density at radius 2 is 1.79 bits per heavy atom. The normalized spacial score (nSPS) is 16.2. The fraction of sp³-hybridized carbons (Fsp3) is 0.526. The minimum atomic E-state index is -3.39. The number of thioether (sulfide) groups is 1. The largest absolute Gasteiger partial charge is 0.339 e. The highest BCUT2D eigenvalue weighted by Crippen LogP contribution is 2.21. The number of sulfonamides is 1. The van der Waals surface area contributed by atoms with Crippen molar-refractivity contribution >= 4 is 27.7 Å². The molecule has 29 heavy (non-hydrogen) atoms. The highest BCUT2D eigenvalue weighted by molar-refractivity contribution is 7.99. The minimum Gasteiger partial charge on any atom is -0.339 e. The summed E-state index contributed by atoms with van der Waals surface area (Å²) in [6, 6.07) is 9.14. The van der Waals surface area contributed by atoms with E-state index in [1.165, 1.54) is 16.1 Å². The maximum atomic E-state index is 12.6. The lowest BCUT2D eigenvalue weighted by molar-refractivity contribution is -0.129. The molecule has 2 aromatic rings. The monoisotopic (exact) mass is 437 g/mol. The van der Waals surface area contributed by atoms with Gasteiger partial charge >= 0.3 is 0 Å². The van der Waals surface area contributed by atoms with Gasteiger partial charge < -0.3 is 4.90 Å². The van der Waals surface area contributed by atoms with Crippen LogP contribution in [-0.2, 0) is 26.0 Å². The van der Waals surface area contributed by atoms with Crippen molar-refractivity contribution in [1.29, 1.82) is 0 Å². The molecule has 0 saturated carbocycles. The number of benzene rings is 1. The SMILES string of the molecule is CC(C)(C)c1nc(SCC(=O)N2CCN(S(=O)(=O)Cc3ccccc3)CC2)n[nH]1. The molecule has 0 unspecified atom stereocenters. The third-order valence-corrected chi connectivity index (χ3v) is 7.36. The Morgan fingerprint density at radius 1 is 1.14 bits per heavy atom. The molecule has 0 spiro atoms. The lowest BCUT2D eigenvalue weighted by atomic mass is 9.96. The van der Waals surface area contributed by atoms with Crippen LogP contribution in [0.1, 0.15) is 32.2 Å². The van der Waals surface area contributed by atoms with E-state index in [2.05, 4.69) is 15.2 Å². The van der Waals surface area contributed by atoms with Crippen molar-refractivity contribution in [2.45, 2.75) is 37.1 Å². The topological polar surface area (TPSA) is 99.3 Å². The molecular weight excluding hydrogens is 410 g/mol. The molecule has 1 aromatic heterocycles. The summed E-state index contributed by atoms with van der Waals surface area (Å²) in [5.74, 6) is 0.971. The van der Waals surface area contributed by atoms with Gasteiger partial charge in [0.25, 0.3) is 0 Å². The van der Waals surface area contributed by atoms with Gasteiger partial charge in [0.1, 0.15) is 5.82 Å². The number of aromatic nitrogens is 3. The number of carbonyl (C=O) groups is 1. The summed E-state index contributed by atoms with van der Waals surface area (Å²) in [5, 5.41) is 7.61. The van der Waals surface area contributed by atoms with Crippen LogP contribution in [0.4, 0.5) is 0 Å². The molecule has 1 fully saturated rings. The number of carbonyl (C=O) groups excluding carboxylic acids is 1. The predicted octanol–water partition coefficient (Wildman–Crippen LogP) is 1.87. The van der Waals surface area contributed by atoms with E-state index < -0.39 is 10.0 Å². The van der Waals surface area contributed by atoms with Crippen LogP contribution in [0.2, 0.25) is 0 Å². The molecule has 1 aliphatic heterocycles. The first kappa shape index (κ1) is 21.8. The fourth-order valence-electron chi connectivity index (χ4n) is 2.96. The maximum absolute atomic E-state index is 12.6. The number of piperazine rings is 1. The van der Waals surface area contributed by atoms with E-state index in [9.17, 15) is 13.2 Å². The van der Waals surface area contributed by atoms with Crippen LogP contribution in [0.3, 0.4) is 0 Å². The molecule has 3 rings (SSSR count). The number of H-pyrrole nitrogens is 1. The molecule has 10 heteroatoms. The van der Waals surface area contributed by atoms with Gasteiger partial charge in [0.05, 0.1) is 11.5 Å². The highest BCUT2D eigenvalue weighted by Gasteiger charge is 2.29. The highest BCUT2D eigenvalue weighted by atomic mass is 32.2. The summed E-state index contributed by atoms with van der Waals surface area (Å²) in [6.07, 6.45) is 0. The van der Waals surface area contributed by atoms with E-state index in [1.807, 2.05) is 51.1 Å². The van der Waals surface area contributed by atoms with Crippen molar-refractivity contribution in [2.24, 2.45) is 0 Å². The van der Waals surface area contributed by atoms with Crippen LogP contribution in [0, 0.1) is 0 Å². The molecule has 8 nitrogen and oxygen atoms in total. The summed E-state index contributed by atoms with van der Waals surface area (Å²) >= 11 is 1.29. The summed E-state index contributed by atoms with van der Waals surface area (Å²) in [6.45, 7) is 7.55.